The monoisotopic (exact) mass is 276 g/mol. The van der Waals surface area contributed by atoms with Crippen molar-refractivity contribution in [1.82, 2.24) is 0 Å². The van der Waals surface area contributed by atoms with Crippen LogP contribution in [-0.4, -0.2) is 61.3 Å². The zero-order chi connectivity index (χ0) is 14.2. The molecule has 7 nitrogen and oxygen atoms in total. The summed E-state index contributed by atoms with van der Waals surface area (Å²) in [5.41, 5.74) is 0. The van der Waals surface area contributed by atoms with Gasteiger partial charge in [-0.3, -0.25) is 0 Å². The molecule has 0 aromatic carbocycles. The molecule has 2 aliphatic rings. The molecule has 2 aliphatic heterocycles. The number of aliphatic hydroxyl groups is 1. The highest BCUT2D eigenvalue weighted by molar-refractivity contribution is 5.75. The summed E-state index contributed by atoms with van der Waals surface area (Å²) in [5, 5.41) is 9.99. The van der Waals surface area contributed by atoms with Gasteiger partial charge >= 0.3 is 5.97 Å². The highest BCUT2D eigenvalue weighted by Crippen LogP contribution is 2.39. The summed E-state index contributed by atoms with van der Waals surface area (Å²) >= 11 is 0. The number of carbonyl (C=O) groups excluding carboxylic acids is 1. The zero-order valence-electron chi connectivity index (χ0n) is 11.5. The molecule has 0 aliphatic carbocycles. The summed E-state index contributed by atoms with van der Waals surface area (Å²) in [5.74, 6) is -1.54. The number of fused-ring (bicyclic) bond motifs is 1. The van der Waals surface area contributed by atoms with Gasteiger partial charge in [0.1, 0.15) is 18.3 Å². The molecule has 2 fully saturated rings. The largest absolute Gasteiger partial charge is 0.464 e. The van der Waals surface area contributed by atoms with Gasteiger partial charge in [0.25, 0.3) is 0 Å². The Hall–Kier alpha value is -0.730. The van der Waals surface area contributed by atoms with Gasteiger partial charge in [-0.25, -0.2) is 4.79 Å². The lowest BCUT2D eigenvalue weighted by molar-refractivity contribution is -0.238. The molecule has 0 saturated carbocycles. The Labute approximate surface area is 111 Å². The number of carbonyl (C=O) groups is 1. The fraction of sp³-hybridized carbons (Fsp3) is 0.917. The lowest BCUT2D eigenvalue weighted by Crippen LogP contribution is -2.43. The molecule has 19 heavy (non-hydrogen) atoms. The first-order chi connectivity index (χ1) is 8.89. The third-order valence-corrected chi connectivity index (χ3v) is 3.12. The molecule has 0 unspecified atom stereocenters. The summed E-state index contributed by atoms with van der Waals surface area (Å²) in [6.07, 6.45) is -4.02. The van der Waals surface area contributed by atoms with E-state index >= 15 is 0 Å². The molecule has 0 bridgehead atoms. The van der Waals surface area contributed by atoms with Gasteiger partial charge in [-0.1, -0.05) is 0 Å². The van der Waals surface area contributed by atoms with Crippen LogP contribution in [0.2, 0.25) is 0 Å². The van der Waals surface area contributed by atoms with Crippen molar-refractivity contribution in [3.8, 4) is 0 Å². The maximum Gasteiger partial charge on any atom is 0.337 e. The van der Waals surface area contributed by atoms with Gasteiger partial charge in [0.15, 0.2) is 18.2 Å². The quantitative estimate of drug-likeness (QED) is 0.712. The molecule has 0 amide bonds. The fourth-order valence-electron chi connectivity index (χ4n) is 2.40. The van der Waals surface area contributed by atoms with E-state index < -0.39 is 42.5 Å². The molecule has 7 heteroatoms. The van der Waals surface area contributed by atoms with Gasteiger partial charge in [0, 0.05) is 7.11 Å². The van der Waals surface area contributed by atoms with Crippen molar-refractivity contribution >= 4 is 5.97 Å². The Bertz CT molecular complexity index is 343. The first kappa shape index (κ1) is 14.7. The maximum absolute atomic E-state index is 11.6. The fourth-order valence-corrected chi connectivity index (χ4v) is 2.40. The molecule has 2 heterocycles. The average molecular weight is 276 g/mol. The van der Waals surface area contributed by atoms with Crippen LogP contribution in [0.25, 0.3) is 0 Å². The van der Waals surface area contributed by atoms with Gasteiger partial charge < -0.3 is 28.8 Å². The number of esters is 1. The van der Waals surface area contributed by atoms with E-state index in [0.717, 1.165) is 0 Å². The van der Waals surface area contributed by atoms with E-state index in [0.29, 0.717) is 0 Å². The summed E-state index contributed by atoms with van der Waals surface area (Å²) in [6.45, 7) is 5.37. The third-order valence-electron chi connectivity index (χ3n) is 3.12. The summed E-state index contributed by atoms with van der Waals surface area (Å²) in [4.78, 5) is 11.6. The molecular formula is C12H20O7. The number of methoxy groups -OCH3 is 1. The van der Waals surface area contributed by atoms with Crippen LogP contribution in [0.5, 0.6) is 0 Å². The molecule has 1 N–H and O–H groups in total. The van der Waals surface area contributed by atoms with E-state index in [1.165, 1.54) is 7.11 Å². The average Bonchev–Trinajstić information content (AvgIpc) is 2.81. The molecular weight excluding hydrogens is 256 g/mol. The summed E-state index contributed by atoms with van der Waals surface area (Å²) in [6, 6.07) is 0. The van der Waals surface area contributed by atoms with Crippen molar-refractivity contribution in [3.05, 3.63) is 0 Å². The highest BCUT2D eigenvalue weighted by atomic mass is 16.8. The molecule has 0 aromatic heterocycles. The first-order valence-corrected chi connectivity index (χ1v) is 6.28. The maximum atomic E-state index is 11.6. The van der Waals surface area contributed by atoms with Crippen molar-refractivity contribution in [2.24, 2.45) is 0 Å². The smallest absolute Gasteiger partial charge is 0.337 e. The van der Waals surface area contributed by atoms with Gasteiger partial charge in [0.2, 0.25) is 0 Å². The topological polar surface area (TPSA) is 83.5 Å². The first-order valence-electron chi connectivity index (χ1n) is 6.28. The molecule has 0 spiro atoms. The van der Waals surface area contributed by atoms with E-state index in [2.05, 4.69) is 0 Å². The summed E-state index contributed by atoms with van der Waals surface area (Å²) < 4.78 is 26.7. The van der Waals surface area contributed by atoms with Crippen LogP contribution in [0.4, 0.5) is 0 Å². The predicted molar refractivity (Wildman–Crippen MR) is 62.1 cm³/mol. The number of rotatable bonds is 4. The van der Waals surface area contributed by atoms with Gasteiger partial charge in [0.05, 0.1) is 6.61 Å². The standard InChI is InChI=1S/C12H20O7/c1-5-16-10(14)6(13)7-8-9(11(15-4)17-7)19-12(2,3)18-8/h6-9,11,13H,5H2,1-4H3/t6-,7+,8+,9+,11+/m0/s1. The van der Waals surface area contributed by atoms with Crippen molar-refractivity contribution in [1.29, 1.82) is 0 Å². The Morgan fingerprint density at radius 3 is 2.58 bits per heavy atom. The molecule has 5 atom stereocenters. The number of hydrogen-bond acceptors (Lipinski definition) is 7. The Kier molecular flexibility index (Phi) is 4.12. The second-order valence-corrected chi connectivity index (χ2v) is 4.97. The Morgan fingerprint density at radius 1 is 1.37 bits per heavy atom. The van der Waals surface area contributed by atoms with Crippen molar-refractivity contribution in [2.45, 2.75) is 57.3 Å². The van der Waals surface area contributed by atoms with Crippen molar-refractivity contribution in [2.75, 3.05) is 13.7 Å². The number of hydrogen-bond donors (Lipinski definition) is 1. The van der Waals surface area contributed by atoms with E-state index in [1.807, 2.05) is 0 Å². The third kappa shape index (κ3) is 2.75. The molecule has 110 valence electrons. The van der Waals surface area contributed by atoms with E-state index in [9.17, 15) is 9.90 Å². The molecule has 2 rings (SSSR count). The Morgan fingerprint density at radius 2 is 2.00 bits per heavy atom. The second-order valence-electron chi connectivity index (χ2n) is 4.97. The van der Waals surface area contributed by atoms with Gasteiger partial charge in [-0.05, 0) is 20.8 Å². The van der Waals surface area contributed by atoms with Crippen molar-refractivity contribution < 1.29 is 33.6 Å². The highest BCUT2D eigenvalue weighted by Gasteiger charge is 2.58. The SMILES string of the molecule is CCOC(=O)[C@@H](O)[C@H]1O[C@@H](OC)[C@@H]2OC(C)(C)O[C@@H]21. The van der Waals surface area contributed by atoms with Crippen LogP contribution in [0.15, 0.2) is 0 Å². The second kappa shape index (κ2) is 5.34. The summed E-state index contributed by atoms with van der Waals surface area (Å²) in [7, 11) is 1.47. The van der Waals surface area contributed by atoms with E-state index in [4.69, 9.17) is 23.7 Å². The molecule has 2 saturated heterocycles. The lowest BCUT2D eigenvalue weighted by atomic mass is 10.1. The van der Waals surface area contributed by atoms with Crippen LogP contribution in [0.1, 0.15) is 20.8 Å². The Balaban J connectivity index is 2.11. The number of ether oxygens (including phenoxy) is 5. The minimum atomic E-state index is -1.43. The van der Waals surface area contributed by atoms with Crippen molar-refractivity contribution in [3.63, 3.8) is 0 Å². The van der Waals surface area contributed by atoms with Gasteiger partial charge in [-0.2, -0.15) is 0 Å². The van der Waals surface area contributed by atoms with Crippen LogP contribution < -0.4 is 0 Å². The van der Waals surface area contributed by atoms with Crippen LogP contribution in [0.3, 0.4) is 0 Å². The predicted octanol–water partition coefficient (Wildman–Crippen LogP) is -0.198. The minimum Gasteiger partial charge on any atom is -0.464 e. The van der Waals surface area contributed by atoms with E-state index in [1.54, 1.807) is 20.8 Å². The van der Waals surface area contributed by atoms with Crippen LogP contribution in [-0.2, 0) is 28.5 Å². The number of aliphatic hydroxyl groups excluding tert-OH is 1. The zero-order valence-corrected chi connectivity index (χ0v) is 11.5. The van der Waals surface area contributed by atoms with Crippen LogP contribution >= 0.6 is 0 Å². The lowest BCUT2D eigenvalue weighted by Gasteiger charge is -2.25. The minimum absolute atomic E-state index is 0.188. The normalized spacial score (nSPS) is 37.9. The molecule has 0 aromatic rings. The van der Waals surface area contributed by atoms with Gasteiger partial charge in [-0.15, -0.1) is 0 Å². The van der Waals surface area contributed by atoms with E-state index in [-0.39, 0.29) is 6.61 Å². The van der Waals surface area contributed by atoms with Crippen LogP contribution in [0, 0.1) is 0 Å². The molecule has 0 radical (unpaired) electrons.